The van der Waals surface area contributed by atoms with Crippen molar-refractivity contribution in [3.05, 3.63) is 29.6 Å². The Hall–Kier alpha value is -1.49. The van der Waals surface area contributed by atoms with E-state index in [4.69, 9.17) is 10.00 Å². The van der Waals surface area contributed by atoms with Crippen molar-refractivity contribution >= 4 is 10.0 Å². The molecule has 2 rings (SSSR count). The molecule has 114 valence electrons. The van der Waals surface area contributed by atoms with Crippen LogP contribution in [0.25, 0.3) is 0 Å². The average Bonchev–Trinajstić information content (AvgIpc) is 2.48. The van der Waals surface area contributed by atoms with Gasteiger partial charge in [-0.3, -0.25) is 0 Å². The third kappa shape index (κ3) is 3.40. The van der Waals surface area contributed by atoms with Gasteiger partial charge in [-0.2, -0.15) is 5.26 Å². The molecule has 1 fully saturated rings. The van der Waals surface area contributed by atoms with Crippen molar-refractivity contribution in [3.8, 4) is 6.07 Å². The number of nitriles is 1. The number of sulfonamides is 1. The Bertz CT molecular complexity index is 649. The fraction of sp³-hybridized carbons (Fsp3) is 0.500. The van der Waals surface area contributed by atoms with Crippen LogP contribution in [0.1, 0.15) is 18.4 Å². The van der Waals surface area contributed by atoms with E-state index in [0.29, 0.717) is 19.8 Å². The topological polar surface area (TPSA) is 70.4 Å². The van der Waals surface area contributed by atoms with Crippen LogP contribution >= 0.6 is 0 Å². The Morgan fingerprint density at radius 3 is 2.71 bits per heavy atom. The van der Waals surface area contributed by atoms with Crippen molar-refractivity contribution < 1.29 is 17.5 Å². The quantitative estimate of drug-likeness (QED) is 0.849. The zero-order valence-electron chi connectivity index (χ0n) is 11.8. The summed E-state index contributed by atoms with van der Waals surface area (Å²) in [6, 6.07) is 5.27. The molecule has 21 heavy (non-hydrogen) atoms. The van der Waals surface area contributed by atoms with Gasteiger partial charge in [-0.25, -0.2) is 17.1 Å². The van der Waals surface area contributed by atoms with Crippen molar-refractivity contribution in [2.45, 2.75) is 17.7 Å². The molecule has 0 spiro atoms. The molecule has 1 aromatic rings. The maximum atomic E-state index is 13.6. The molecular formula is C14H17FN2O3S. The average molecular weight is 312 g/mol. The Kier molecular flexibility index (Phi) is 4.93. The first-order valence-electron chi connectivity index (χ1n) is 6.69. The summed E-state index contributed by atoms with van der Waals surface area (Å²) in [6.45, 7) is 1.59. The molecule has 1 aromatic carbocycles. The molecule has 0 unspecified atom stereocenters. The van der Waals surface area contributed by atoms with E-state index in [9.17, 15) is 12.8 Å². The van der Waals surface area contributed by atoms with Crippen LogP contribution in [0.5, 0.6) is 0 Å². The predicted molar refractivity (Wildman–Crippen MR) is 74.5 cm³/mol. The largest absolute Gasteiger partial charge is 0.381 e. The van der Waals surface area contributed by atoms with E-state index in [1.807, 2.05) is 0 Å². The van der Waals surface area contributed by atoms with E-state index in [1.54, 1.807) is 6.07 Å². The molecule has 5 nitrogen and oxygen atoms in total. The Morgan fingerprint density at radius 1 is 1.43 bits per heavy atom. The monoisotopic (exact) mass is 312 g/mol. The first-order chi connectivity index (χ1) is 9.96. The van der Waals surface area contributed by atoms with Crippen molar-refractivity contribution in [1.29, 1.82) is 5.26 Å². The molecule has 0 aromatic heterocycles. The number of nitrogens with zero attached hydrogens (tertiary/aromatic N) is 2. The van der Waals surface area contributed by atoms with Gasteiger partial charge in [-0.05, 0) is 30.9 Å². The van der Waals surface area contributed by atoms with Crippen LogP contribution in [0.15, 0.2) is 23.1 Å². The van der Waals surface area contributed by atoms with Crippen LogP contribution in [0, 0.1) is 23.1 Å². The number of halogens is 1. The Labute approximate surface area is 124 Å². The van der Waals surface area contributed by atoms with E-state index >= 15 is 0 Å². The lowest BCUT2D eigenvalue weighted by atomic mass is 10.0. The van der Waals surface area contributed by atoms with Gasteiger partial charge < -0.3 is 4.74 Å². The van der Waals surface area contributed by atoms with Gasteiger partial charge in [0, 0.05) is 26.8 Å². The first kappa shape index (κ1) is 15.9. The molecule has 1 saturated heterocycles. The van der Waals surface area contributed by atoms with Gasteiger partial charge in [0.25, 0.3) is 0 Å². The molecule has 0 N–H and O–H groups in total. The van der Waals surface area contributed by atoms with Crippen LogP contribution < -0.4 is 0 Å². The maximum Gasteiger partial charge on any atom is 0.244 e. The van der Waals surface area contributed by atoms with Gasteiger partial charge in [0.2, 0.25) is 10.0 Å². The van der Waals surface area contributed by atoms with Crippen LogP contribution in [0.2, 0.25) is 0 Å². The van der Waals surface area contributed by atoms with Crippen molar-refractivity contribution in [1.82, 2.24) is 4.31 Å². The fourth-order valence-corrected chi connectivity index (χ4v) is 3.78. The van der Waals surface area contributed by atoms with Gasteiger partial charge in [-0.15, -0.1) is 0 Å². The summed E-state index contributed by atoms with van der Waals surface area (Å²) in [6.07, 6.45) is 1.60. The molecule has 0 atom stereocenters. The number of hydrogen-bond acceptors (Lipinski definition) is 4. The van der Waals surface area contributed by atoms with E-state index in [1.165, 1.54) is 23.5 Å². The summed E-state index contributed by atoms with van der Waals surface area (Å²) in [5, 5.41) is 8.98. The summed E-state index contributed by atoms with van der Waals surface area (Å²) in [5.41, 5.74) is -0.434. The highest BCUT2D eigenvalue weighted by Crippen LogP contribution is 2.24. The molecule has 0 aliphatic carbocycles. The summed E-state index contributed by atoms with van der Waals surface area (Å²) in [7, 11) is -2.42. The van der Waals surface area contributed by atoms with Crippen molar-refractivity contribution in [2.24, 2.45) is 5.92 Å². The zero-order valence-corrected chi connectivity index (χ0v) is 12.6. The SMILES string of the molecule is CN(CC1CCOCC1)S(=O)(=O)c1cccc(F)c1C#N. The molecular weight excluding hydrogens is 295 g/mol. The van der Waals surface area contributed by atoms with E-state index < -0.39 is 21.4 Å². The molecule has 1 heterocycles. The number of hydrogen-bond donors (Lipinski definition) is 0. The van der Waals surface area contributed by atoms with E-state index in [-0.39, 0.29) is 10.8 Å². The summed E-state index contributed by atoms with van der Waals surface area (Å²) < 4.78 is 45.0. The lowest BCUT2D eigenvalue weighted by molar-refractivity contribution is 0.0620. The molecule has 0 amide bonds. The Morgan fingerprint density at radius 2 is 2.10 bits per heavy atom. The third-order valence-corrected chi connectivity index (χ3v) is 5.50. The Balaban J connectivity index is 2.25. The molecule has 1 aliphatic heterocycles. The molecule has 7 heteroatoms. The van der Waals surface area contributed by atoms with Crippen molar-refractivity contribution in [3.63, 3.8) is 0 Å². The lowest BCUT2D eigenvalue weighted by Crippen LogP contribution is -2.34. The number of benzene rings is 1. The second-order valence-corrected chi connectivity index (χ2v) is 7.08. The minimum Gasteiger partial charge on any atom is -0.381 e. The van der Waals surface area contributed by atoms with E-state index in [2.05, 4.69) is 0 Å². The molecule has 0 saturated carbocycles. The number of rotatable bonds is 4. The molecule has 0 bridgehead atoms. The summed E-state index contributed by atoms with van der Waals surface area (Å²) in [4.78, 5) is -0.278. The van der Waals surface area contributed by atoms with Crippen LogP contribution in [-0.2, 0) is 14.8 Å². The van der Waals surface area contributed by atoms with Gasteiger partial charge in [0.15, 0.2) is 0 Å². The fourth-order valence-electron chi connectivity index (χ4n) is 2.39. The standard InChI is InChI=1S/C14H17FN2O3S/c1-17(10-11-5-7-20-8-6-11)21(18,19)14-4-2-3-13(15)12(14)9-16/h2-4,11H,5-8,10H2,1H3. The van der Waals surface area contributed by atoms with Crippen LogP contribution in [0.4, 0.5) is 4.39 Å². The van der Waals surface area contributed by atoms with E-state index in [0.717, 1.165) is 18.9 Å². The van der Waals surface area contributed by atoms with Crippen molar-refractivity contribution in [2.75, 3.05) is 26.8 Å². The highest BCUT2D eigenvalue weighted by atomic mass is 32.2. The normalized spacial score (nSPS) is 16.9. The minimum absolute atomic E-state index is 0.220. The smallest absolute Gasteiger partial charge is 0.244 e. The highest BCUT2D eigenvalue weighted by Gasteiger charge is 2.28. The zero-order chi connectivity index (χ0) is 15.5. The summed E-state index contributed by atoms with van der Waals surface area (Å²) in [5.74, 6) is -0.601. The van der Waals surface area contributed by atoms with Crippen LogP contribution in [0.3, 0.4) is 0 Å². The van der Waals surface area contributed by atoms with Gasteiger partial charge in [-0.1, -0.05) is 6.07 Å². The second-order valence-electron chi connectivity index (χ2n) is 5.07. The number of ether oxygens (including phenoxy) is 1. The molecule has 0 radical (unpaired) electrons. The van der Waals surface area contributed by atoms with Gasteiger partial charge in [0.1, 0.15) is 22.3 Å². The first-order valence-corrected chi connectivity index (χ1v) is 8.13. The van der Waals surface area contributed by atoms with Gasteiger partial charge in [0.05, 0.1) is 0 Å². The van der Waals surface area contributed by atoms with Crippen LogP contribution in [-0.4, -0.2) is 39.5 Å². The predicted octanol–water partition coefficient (Wildman–Crippen LogP) is 1.74. The molecule has 1 aliphatic rings. The third-order valence-electron chi connectivity index (χ3n) is 3.63. The van der Waals surface area contributed by atoms with Gasteiger partial charge >= 0.3 is 0 Å². The highest BCUT2D eigenvalue weighted by molar-refractivity contribution is 7.89. The lowest BCUT2D eigenvalue weighted by Gasteiger charge is -2.27. The minimum atomic E-state index is -3.87. The summed E-state index contributed by atoms with van der Waals surface area (Å²) >= 11 is 0. The second kappa shape index (κ2) is 6.52. The maximum absolute atomic E-state index is 13.6.